The number of halogens is 1. The maximum Gasteiger partial charge on any atom is 0.339 e. The molecule has 1 aromatic heterocycles. The van der Waals surface area contributed by atoms with Gasteiger partial charge in [-0.25, -0.2) is 9.78 Å². The molecule has 0 saturated carbocycles. The lowest BCUT2D eigenvalue weighted by Gasteiger charge is -2.24. The van der Waals surface area contributed by atoms with Crippen molar-refractivity contribution in [2.75, 3.05) is 11.4 Å². The van der Waals surface area contributed by atoms with Crippen LogP contribution in [0.5, 0.6) is 0 Å². The fraction of sp³-hybridized carbons (Fsp3) is 0.200. The van der Waals surface area contributed by atoms with E-state index >= 15 is 0 Å². The van der Waals surface area contributed by atoms with Gasteiger partial charge in [0.05, 0.1) is 0 Å². The zero-order chi connectivity index (χ0) is 14.7. The Labute approximate surface area is 122 Å². The summed E-state index contributed by atoms with van der Waals surface area (Å²) in [5.74, 6) is -0.659. The molecule has 0 unspecified atom stereocenters. The van der Waals surface area contributed by atoms with Crippen molar-refractivity contribution in [3.63, 3.8) is 0 Å². The van der Waals surface area contributed by atoms with Crippen molar-refractivity contribution >= 4 is 29.1 Å². The van der Waals surface area contributed by atoms with Crippen LogP contribution in [-0.4, -0.2) is 22.6 Å². The monoisotopic (exact) mass is 290 g/mol. The predicted octanol–water partition coefficient (Wildman–Crippen LogP) is 3.90. The number of aromatic nitrogens is 1. The van der Waals surface area contributed by atoms with Crippen LogP contribution >= 0.6 is 11.6 Å². The first-order valence-corrected chi connectivity index (χ1v) is 6.64. The molecule has 2 aromatic rings. The first-order chi connectivity index (χ1) is 9.52. The summed E-state index contributed by atoms with van der Waals surface area (Å²) in [6, 6.07) is 10.8. The molecule has 0 spiro atoms. The van der Waals surface area contributed by atoms with E-state index in [0.717, 1.165) is 11.3 Å². The minimum atomic E-state index is -1.02. The van der Waals surface area contributed by atoms with Gasteiger partial charge in [0.25, 0.3) is 0 Å². The predicted molar refractivity (Wildman–Crippen MR) is 80.1 cm³/mol. The molecule has 4 nitrogen and oxygen atoms in total. The Morgan fingerprint density at radius 3 is 2.70 bits per heavy atom. The van der Waals surface area contributed by atoms with Crippen LogP contribution in [0, 0.1) is 6.92 Å². The molecule has 20 heavy (non-hydrogen) atoms. The van der Waals surface area contributed by atoms with Gasteiger partial charge >= 0.3 is 5.97 Å². The van der Waals surface area contributed by atoms with E-state index in [-0.39, 0.29) is 10.7 Å². The van der Waals surface area contributed by atoms with E-state index in [4.69, 9.17) is 11.6 Å². The Balaban J connectivity index is 2.57. The Hall–Kier alpha value is -2.07. The summed E-state index contributed by atoms with van der Waals surface area (Å²) in [5.41, 5.74) is 2.13. The average molecular weight is 291 g/mol. The second-order valence-electron chi connectivity index (χ2n) is 4.39. The molecule has 0 aliphatic rings. The quantitative estimate of drug-likeness (QED) is 0.868. The number of hydrogen-bond acceptors (Lipinski definition) is 3. The average Bonchev–Trinajstić information content (AvgIpc) is 2.39. The van der Waals surface area contributed by atoms with Gasteiger partial charge in [-0.05, 0) is 43.7 Å². The highest BCUT2D eigenvalue weighted by molar-refractivity contribution is 6.29. The third kappa shape index (κ3) is 2.91. The Bertz CT molecular complexity index is 644. The summed E-state index contributed by atoms with van der Waals surface area (Å²) in [7, 11) is 0. The van der Waals surface area contributed by atoms with Crippen molar-refractivity contribution in [3.05, 3.63) is 52.7 Å². The minimum absolute atomic E-state index is 0.137. The SMILES string of the molecule is CCN(c1cccc(C)c1)c1nc(Cl)ccc1C(=O)O. The van der Waals surface area contributed by atoms with E-state index in [2.05, 4.69) is 4.98 Å². The third-order valence-electron chi connectivity index (χ3n) is 2.96. The van der Waals surface area contributed by atoms with E-state index < -0.39 is 5.97 Å². The van der Waals surface area contributed by atoms with Gasteiger partial charge < -0.3 is 10.0 Å². The normalized spacial score (nSPS) is 10.3. The summed E-state index contributed by atoms with van der Waals surface area (Å²) < 4.78 is 0. The largest absolute Gasteiger partial charge is 0.478 e. The summed E-state index contributed by atoms with van der Waals surface area (Å²) in [5, 5.41) is 9.57. The molecule has 104 valence electrons. The molecule has 0 saturated heterocycles. The van der Waals surface area contributed by atoms with Gasteiger partial charge in [-0.1, -0.05) is 23.7 Å². The van der Waals surface area contributed by atoms with Crippen LogP contribution in [0.3, 0.4) is 0 Å². The number of aryl methyl sites for hydroxylation is 1. The molecule has 0 bridgehead atoms. The topological polar surface area (TPSA) is 53.4 Å². The first-order valence-electron chi connectivity index (χ1n) is 6.27. The standard InChI is InChI=1S/C15H15ClN2O2/c1-3-18(11-6-4-5-10(2)9-11)14-12(15(19)20)7-8-13(16)17-14/h4-9H,3H2,1-2H3,(H,19,20). The van der Waals surface area contributed by atoms with Gasteiger partial charge in [-0.15, -0.1) is 0 Å². The Morgan fingerprint density at radius 2 is 2.10 bits per heavy atom. The number of carbonyl (C=O) groups is 1. The summed E-state index contributed by atoms with van der Waals surface area (Å²) in [6.45, 7) is 4.52. The molecule has 1 N–H and O–H groups in total. The molecule has 2 rings (SSSR count). The van der Waals surface area contributed by atoms with Crippen molar-refractivity contribution in [1.82, 2.24) is 4.98 Å². The van der Waals surface area contributed by atoms with E-state index in [9.17, 15) is 9.90 Å². The Kier molecular flexibility index (Phi) is 4.25. The summed E-state index contributed by atoms with van der Waals surface area (Å²) >= 11 is 5.91. The van der Waals surface area contributed by atoms with E-state index in [1.807, 2.05) is 43.0 Å². The molecule has 1 aromatic carbocycles. The van der Waals surface area contributed by atoms with Gasteiger partial charge in [0.2, 0.25) is 0 Å². The fourth-order valence-corrected chi connectivity index (χ4v) is 2.19. The van der Waals surface area contributed by atoms with Gasteiger partial charge in [-0.3, -0.25) is 0 Å². The number of hydrogen-bond donors (Lipinski definition) is 1. The van der Waals surface area contributed by atoms with Crippen LogP contribution in [0.25, 0.3) is 0 Å². The molecular weight excluding hydrogens is 276 g/mol. The van der Waals surface area contributed by atoms with Crippen molar-refractivity contribution in [1.29, 1.82) is 0 Å². The number of rotatable bonds is 4. The molecule has 0 atom stereocenters. The second kappa shape index (κ2) is 5.92. The zero-order valence-electron chi connectivity index (χ0n) is 11.3. The number of carboxylic acids is 1. The molecule has 0 fully saturated rings. The lowest BCUT2D eigenvalue weighted by Crippen LogP contribution is -2.20. The number of anilines is 2. The van der Waals surface area contributed by atoms with Gasteiger partial charge in [-0.2, -0.15) is 0 Å². The van der Waals surface area contributed by atoms with Crippen LogP contribution in [0.2, 0.25) is 5.15 Å². The van der Waals surface area contributed by atoms with Crippen LogP contribution in [0.1, 0.15) is 22.8 Å². The number of carboxylic acid groups (broad SMARTS) is 1. The van der Waals surface area contributed by atoms with Gasteiger partial charge in [0, 0.05) is 12.2 Å². The molecule has 5 heteroatoms. The maximum atomic E-state index is 11.3. The lowest BCUT2D eigenvalue weighted by molar-refractivity contribution is 0.0697. The van der Waals surface area contributed by atoms with Crippen molar-refractivity contribution in [2.24, 2.45) is 0 Å². The number of nitrogens with zero attached hydrogens (tertiary/aromatic N) is 2. The van der Waals surface area contributed by atoms with Crippen molar-refractivity contribution < 1.29 is 9.90 Å². The summed E-state index contributed by atoms with van der Waals surface area (Å²) in [6.07, 6.45) is 0. The molecular formula is C15H15ClN2O2. The van der Waals surface area contributed by atoms with Crippen LogP contribution in [0.4, 0.5) is 11.5 Å². The first kappa shape index (κ1) is 14.3. The highest BCUT2D eigenvalue weighted by Gasteiger charge is 2.18. The molecule has 0 radical (unpaired) electrons. The van der Waals surface area contributed by atoms with Gasteiger partial charge in [0.15, 0.2) is 0 Å². The van der Waals surface area contributed by atoms with Crippen molar-refractivity contribution in [2.45, 2.75) is 13.8 Å². The molecule has 0 aliphatic carbocycles. The van der Waals surface area contributed by atoms with E-state index in [0.29, 0.717) is 12.4 Å². The van der Waals surface area contributed by atoms with Crippen LogP contribution < -0.4 is 4.90 Å². The maximum absolute atomic E-state index is 11.3. The molecule has 0 amide bonds. The van der Waals surface area contributed by atoms with Crippen LogP contribution in [0.15, 0.2) is 36.4 Å². The van der Waals surface area contributed by atoms with Gasteiger partial charge in [0.1, 0.15) is 16.5 Å². The number of aromatic carboxylic acids is 1. The second-order valence-corrected chi connectivity index (χ2v) is 4.78. The lowest BCUT2D eigenvalue weighted by atomic mass is 10.2. The van der Waals surface area contributed by atoms with Crippen LogP contribution in [-0.2, 0) is 0 Å². The third-order valence-corrected chi connectivity index (χ3v) is 3.17. The smallest absolute Gasteiger partial charge is 0.339 e. The van der Waals surface area contributed by atoms with E-state index in [1.165, 1.54) is 12.1 Å². The Morgan fingerprint density at radius 1 is 1.35 bits per heavy atom. The zero-order valence-corrected chi connectivity index (χ0v) is 12.1. The highest BCUT2D eigenvalue weighted by atomic mass is 35.5. The summed E-state index contributed by atoms with van der Waals surface area (Å²) in [4.78, 5) is 17.4. The number of benzene rings is 1. The highest BCUT2D eigenvalue weighted by Crippen LogP contribution is 2.28. The van der Waals surface area contributed by atoms with E-state index in [1.54, 1.807) is 0 Å². The minimum Gasteiger partial charge on any atom is -0.478 e. The molecule has 0 aliphatic heterocycles. The molecule has 1 heterocycles. The number of pyridine rings is 1. The van der Waals surface area contributed by atoms with Crippen molar-refractivity contribution in [3.8, 4) is 0 Å². The fourth-order valence-electron chi connectivity index (χ4n) is 2.05.